The Bertz CT molecular complexity index is 980. The summed E-state index contributed by atoms with van der Waals surface area (Å²) in [6, 6.07) is 15.5. The highest BCUT2D eigenvalue weighted by Crippen LogP contribution is 2.36. The number of hydrogen-bond acceptors (Lipinski definition) is 6. The zero-order valence-corrected chi connectivity index (χ0v) is 19.4. The van der Waals surface area contributed by atoms with Gasteiger partial charge in [-0.3, -0.25) is 9.69 Å². The van der Waals surface area contributed by atoms with Gasteiger partial charge in [-0.15, -0.1) is 0 Å². The van der Waals surface area contributed by atoms with Gasteiger partial charge in [-0.1, -0.05) is 24.3 Å². The molecule has 3 amide bonds. The molecule has 0 radical (unpaired) electrons. The van der Waals surface area contributed by atoms with Crippen molar-refractivity contribution in [2.45, 2.75) is 18.2 Å². The molecule has 8 heteroatoms. The molecular formula is C24H30N6O2. The summed E-state index contributed by atoms with van der Waals surface area (Å²) in [7, 11) is 11.2. The lowest BCUT2D eigenvalue weighted by atomic mass is 9.94. The first kappa shape index (κ1) is 21.7. The van der Waals surface area contributed by atoms with E-state index in [1.807, 2.05) is 33.1 Å². The minimum atomic E-state index is -0.574. The molecule has 0 saturated carbocycles. The van der Waals surface area contributed by atoms with Crippen LogP contribution in [0.25, 0.3) is 0 Å². The molecule has 2 aromatic carbocycles. The van der Waals surface area contributed by atoms with Crippen molar-refractivity contribution in [1.82, 2.24) is 14.7 Å². The minimum Gasteiger partial charge on any atom is -0.378 e. The Morgan fingerprint density at radius 1 is 0.812 bits per heavy atom. The number of benzene rings is 2. The highest BCUT2D eigenvalue weighted by Gasteiger charge is 2.50. The zero-order chi connectivity index (χ0) is 23.2. The van der Waals surface area contributed by atoms with Crippen LogP contribution in [0.5, 0.6) is 0 Å². The van der Waals surface area contributed by atoms with Gasteiger partial charge in [-0.2, -0.15) is 0 Å². The van der Waals surface area contributed by atoms with Gasteiger partial charge in [0.05, 0.1) is 12.4 Å². The van der Waals surface area contributed by atoms with E-state index in [1.165, 1.54) is 16.8 Å². The monoisotopic (exact) mass is 434 g/mol. The van der Waals surface area contributed by atoms with Gasteiger partial charge in [0.1, 0.15) is 0 Å². The van der Waals surface area contributed by atoms with Gasteiger partial charge >= 0.3 is 6.03 Å². The molecule has 0 aromatic heterocycles. The molecule has 0 N–H and O–H groups in total. The maximum absolute atomic E-state index is 13.2. The molecule has 0 spiro atoms. The highest BCUT2D eigenvalue weighted by atomic mass is 16.2. The normalized spacial score (nSPS) is 20.3. The van der Waals surface area contributed by atoms with Gasteiger partial charge in [-0.25, -0.2) is 9.79 Å². The van der Waals surface area contributed by atoms with E-state index in [2.05, 4.69) is 63.3 Å². The lowest BCUT2D eigenvalue weighted by Crippen LogP contribution is -2.63. The molecular weight excluding hydrogens is 404 g/mol. The van der Waals surface area contributed by atoms with Gasteiger partial charge in [0.25, 0.3) is 5.91 Å². The van der Waals surface area contributed by atoms with Crippen LogP contribution in [-0.4, -0.2) is 87.5 Å². The second kappa shape index (κ2) is 8.18. The second-order valence-electron chi connectivity index (χ2n) is 8.74. The number of aliphatic imine (C=N–C) groups is 1. The van der Waals surface area contributed by atoms with E-state index in [0.29, 0.717) is 0 Å². The first-order valence-electron chi connectivity index (χ1n) is 10.6. The van der Waals surface area contributed by atoms with E-state index in [9.17, 15) is 9.59 Å². The van der Waals surface area contributed by atoms with Crippen LogP contribution in [-0.2, 0) is 4.79 Å². The molecule has 1 fully saturated rings. The fraction of sp³-hybridized carbons (Fsp3) is 0.375. The van der Waals surface area contributed by atoms with Crippen LogP contribution < -0.4 is 9.80 Å². The third-order valence-corrected chi connectivity index (χ3v) is 6.27. The number of likely N-dealkylation sites (N-methyl/N-ethyl adjacent to an activating group) is 2. The molecule has 0 bridgehead atoms. The molecule has 168 valence electrons. The summed E-state index contributed by atoms with van der Waals surface area (Å²) in [6.45, 7) is 0. The van der Waals surface area contributed by atoms with Crippen molar-refractivity contribution in [2.75, 3.05) is 52.1 Å². The first-order chi connectivity index (χ1) is 15.2. The topological polar surface area (TPSA) is 62.7 Å². The number of fused-ring (bicyclic) bond motifs is 1. The number of carbonyl (C=O) groups excluding carboxylic acids is 2. The van der Waals surface area contributed by atoms with E-state index in [4.69, 9.17) is 0 Å². The maximum Gasteiger partial charge on any atom is 0.328 e. The number of rotatable bonds is 5. The number of urea groups is 1. The smallest absolute Gasteiger partial charge is 0.328 e. The van der Waals surface area contributed by atoms with Crippen LogP contribution in [0.15, 0.2) is 53.5 Å². The van der Waals surface area contributed by atoms with Gasteiger partial charge < -0.3 is 19.6 Å². The van der Waals surface area contributed by atoms with Crippen molar-refractivity contribution in [3.05, 3.63) is 59.7 Å². The van der Waals surface area contributed by atoms with Crippen LogP contribution in [0, 0.1) is 0 Å². The number of hydrogen-bond donors (Lipinski definition) is 0. The van der Waals surface area contributed by atoms with E-state index >= 15 is 0 Å². The van der Waals surface area contributed by atoms with E-state index < -0.39 is 12.2 Å². The number of nitrogens with zero attached hydrogens (tertiary/aromatic N) is 6. The van der Waals surface area contributed by atoms with Crippen molar-refractivity contribution < 1.29 is 9.59 Å². The molecule has 2 atom stereocenters. The average molecular weight is 435 g/mol. The number of anilines is 2. The lowest BCUT2D eigenvalue weighted by Gasteiger charge is -2.42. The van der Waals surface area contributed by atoms with Gasteiger partial charge in [0.2, 0.25) is 0 Å². The van der Waals surface area contributed by atoms with E-state index in [0.717, 1.165) is 22.5 Å². The van der Waals surface area contributed by atoms with Crippen LogP contribution in [0.3, 0.4) is 0 Å². The average Bonchev–Trinajstić information content (AvgIpc) is 3.22. The van der Waals surface area contributed by atoms with Gasteiger partial charge in [0, 0.05) is 53.7 Å². The number of amides is 3. The molecule has 4 rings (SSSR count). The standard InChI is InChI=1S/C24H30N6O2/c1-26(2)18-11-7-16(8-12-18)20(17-9-13-19(14-10-17)27(3)4)30-15-25-22-21(30)23(31)29(6)24(32)28(22)5/h7-15,20-22H,1-6H3. The van der Waals surface area contributed by atoms with E-state index in [-0.39, 0.29) is 18.0 Å². The molecule has 1 saturated heterocycles. The summed E-state index contributed by atoms with van der Waals surface area (Å²) in [4.78, 5) is 39.0. The first-order valence-corrected chi connectivity index (χ1v) is 10.6. The van der Waals surface area contributed by atoms with Crippen molar-refractivity contribution in [3.8, 4) is 0 Å². The molecule has 2 aliphatic heterocycles. The van der Waals surface area contributed by atoms with Crippen molar-refractivity contribution >= 4 is 29.7 Å². The number of imide groups is 1. The third-order valence-electron chi connectivity index (χ3n) is 6.27. The molecule has 2 heterocycles. The Labute approximate surface area is 189 Å². The van der Waals surface area contributed by atoms with Crippen LogP contribution in [0.4, 0.5) is 16.2 Å². The van der Waals surface area contributed by atoms with E-state index in [1.54, 1.807) is 13.4 Å². The summed E-state index contributed by atoms with van der Waals surface area (Å²) in [5, 5.41) is 0. The lowest BCUT2D eigenvalue weighted by molar-refractivity contribution is -0.136. The van der Waals surface area contributed by atoms with Crippen molar-refractivity contribution in [1.29, 1.82) is 0 Å². The van der Waals surface area contributed by atoms with Crippen molar-refractivity contribution in [3.63, 3.8) is 0 Å². The number of carbonyl (C=O) groups is 2. The predicted octanol–water partition coefficient (Wildman–Crippen LogP) is 2.47. The largest absolute Gasteiger partial charge is 0.378 e. The zero-order valence-electron chi connectivity index (χ0n) is 19.4. The maximum atomic E-state index is 13.2. The fourth-order valence-corrected chi connectivity index (χ4v) is 4.34. The molecule has 0 aliphatic carbocycles. The summed E-state index contributed by atoms with van der Waals surface area (Å²) < 4.78 is 0. The minimum absolute atomic E-state index is 0.222. The van der Waals surface area contributed by atoms with Gasteiger partial charge in [0.15, 0.2) is 12.2 Å². The molecule has 2 aromatic rings. The highest BCUT2D eigenvalue weighted by molar-refractivity contribution is 6.01. The van der Waals surface area contributed by atoms with Gasteiger partial charge in [-0.05, 0) is 35.4 Å². The van der Waals surface area contributed by atoms with Crippen LogP contribution in [0.2, 0.25) is 0 Å². The quantitative estimate of drug-likeness (QED) is 0.724. The third kappa shape index (κ3) is 3.55. The van der Waals surface area contributed by atoms with Crippen LogP contribution in [0.1, 0.15) is 17.2 Å². The molecule has 2 unspecified atom stereocenters. The van der Waals surface area contributed by atoms with Crippen LogP contribution >= 0.6 is 0 Å². The fourth-order valence-electron chi connectivity index (χ4n) is 4.34. The van der Waals surface area contributed by atoms with Crippen molar-refractivity contribution in [2.24, 2.45) is 4.99 Å². The Kier molecular flexibility index (Phi) is 5.54. The summed E-state index contributed by atoms with van der Waals surface area (Å²) >= 11 is 0. The SMILES string of the molecule is CN1C(=O)C2C(N=CN2C(c2ccc(N(C)C)cc2)c2ccc(N(C)C)cc2)N(C)C1=O. The summed E-state index contributed by atoms with van der Waals surface area (Å²) in [5.41, 5.74) is 4.30. The second-order valence-corrected chi connectivity index (χ2v) is 8.74. The predicted molar refractivity (Wildman–Crippen MR) is 127 cm³/mol. The summed E-state index contributed by atoms with van der Waals surface area (Å²) in [6.07, 6.45) is 1.19. The Balaban J connectivity index is 1.78. The Morgan fingerprint density at radius 3 is 1.72 bits per heavy atom. The molecule has 32 heavy (non-hydrogen) atoms. The Morgan fingerprint density at radius 2 is 1.28 bits per heavy atom. The molecule has 8 nitrogen and oxygen atoms in total. The Hall–Kier alpha value is -3.55. The molecule has 2 aliphatic rings. The summed E-state index contributed by atoms with van der Waals surface area (Å²) in [5.74, 6) is -0.240.